The lowest BCUT2D eigenvalue weighted by Gasteiger charge is -2.24. The molecule has 0 bridgehead atoms. The summed E-state index contributed by atoms with van der Waals surface area (Å²) in [4.78, 5) is 4.13. The van der Waals surface area contributed by atoms with Crippen molar-refractivity contribution in [2.45, 2.75) is 64.7 Å². The van der Waals surface area contributed by atoms with Crippen LogP contribution in [0.3, 0.4) is 0 Å². The summed E-state index contributed by atoms with van der Waals surface area (Å²) in [7, 11) is 0. The highest BCUT2D eigenvalue weighted by Crippen LogP contribution is 2.31. The molecule has 0 spiro atoms. The monoisotopic (exact) mass is 235 g/mol. The number of nitriles is 1. The normalized spacial score (nSPS) is 14.2. The van der Waals surface area contributed by atoms with Crippen molar-refractivity contribution in [2.75, 3.05) is 0 Å². The van der Waals surface area contributed by atoms with E-state index in [0.29, 0.717) is 5.82 Å². The zero-order valence-electron chi connectivity index (χ0n) is 11.0. The molecule has 4 heteroatoms. The maximum atomic E-state index is 8.69. The van der Waals surface area contributed by atoms with Crippen molar-refractivity contribution < 1.29 is 4.52 Å². The van der Waals surface area contributed by atoms with E-state index in [0.717, 1.165) is 12.8 Å². The summed E-state index contributed by atoms with van der Waals surface area (Å²) in [5, 5.41) is 12.6. The molecule has 0 radical (unpaired) electrons. The van der Waals surface area contributed by atoms with Crippen LogP contribution in [0.15, 0.2) is 4.52 Å². The molecule has 94 valence electrons. The van der Waals surface area contributed by atoms with E-state index >= 15 is 0 Å². The van der Waals surface area contributed by atoms with Crippen LogP contribution in [0.5, 0.6) is 0 Å². The molecular formula is C13H21N3O. The van der Waals surface area contributed by atoms with Crippen molar-refractivity contribution in [3.8, 4) is 6.07 Å². The van der Waals surface area contributed by atoms with Crippen LogP contribution in [0.4, 0.5) is 0 Å². The van der Waals surface area contributed by atoms with Gasteiger partial charge in [-0.1, -0.05) is 51.6 Å². The summed E-state index contributed by atoms with van der Waals surface area (Å²) >= 11 is 0. The number of aromatic nitrogens is 2. The van der Waals surface area contributed by atoms with E-state index < -0.39 is 0 Å². The molecule has 0 saturated carbocycles. The van der Waals surface area contributed by atoms with Crippen molar-refractivity contribution in [3.63, 3.8) is 0 Å². The Kier molecular flexibility index (Phi) is 5.14. The molecule has 1 unspecified atom stereocenters. The van der Waals surface area contributed by atoms with Gasteiger partial charge in [0.1, 0.15) is 0 Å². The van der Waals surface area contributed by atoms with Crippen molar-refractivity contribution in [1.82, 2.24) is 10.1 Å². The fourth-order valence-electron chi connectivity index (χ4n) is 1.90. The Morgan fingerprint density at radius 3 is 2.59 bits per heavy atom. The molecule has 0 amide bonds. The smallest absolute Gasteiger partial charge is 0.323 e. The fourth-order valence-corrected chi connectivity index (χ4v) is 1.90. The highest BCUT2D eigenvalue weighted by Gasteiger charge is 2.29. The van der Waals surface area contributed by atoms with E-state index in [1.165, 1.54) is 25.7 Å². The molecule has 1 aromatic rings. The minimum Gasteiger partial charge on any atom is -0.323 e. The Hall–Kier alpha value is -1.37. The van der Waals surface area contributed by atoms with E-state index in [1.54, 1.807) is 0 Å². The fraction of sp³-hybridized carbons (Fsp3) is 0.769. The largest absolute Gasteiger partial charge is 0.329 e. The molecular weight excluding hydrogens is 214 g/mol. The molecule has 1 atom stereocenters. The Balaban J connectivity index is 2.64. The minimum absolute atomic E-state index is 0.0632. The molecule has 17 heavy (non-hydrogen) atoms. The van der Waals surface area contributed by atoms with Crippen LogP contribution < -0.4 is 0 Å². The zero-order valence-corrected chi connectivity index (χ0v) is 11.0. The topological polar surface area (TPSA) is 62.7 Å². The summed E-state index contributed by atoms with van der Waals surface area (Å²) in [6.45, 7) is 6.48. The van der Waals surface area contributed by atoms with Crippen LogP contribution in [-0.2, 0) is 5.41 Å². The van der Waals surface area contributed by atoms with Gasteiger partial charge in [-0.15, -0.1) is 0 Å². The van der Waals surface area contributed by atoms with Gasteiger partial charge < -0.3 is 4.52 Å². The lowest BCUT2D eigenvalue weighted by atomic mass is 9.81. The van der Waals surface area contributed by atoms with Gasteiger partial charge in [0.2, 0.25) is 0 Å². The van der Waals surface area contributed by atoms with Gasteiger partial charge in [-0.25, -0.2) is 0 Å². The zero-order chi connectivity index (χ0) is 12.7. The first-order chi connectivity index (χ1) is 8.16. The van der Waals surface area contributed by atoms with Crippen LogP contribution in [0.1, 0.15) is 71.0 Å². The second-order valence-corrected chi connectivity index (χ2v) is 4.76. The second kappa shape index (κ2) is 6.39. The van der Waals surface area contributed by atoms with Crippen molar-refractivity contribution in [1.29, 1.82) is 5.26 Å². The molecule has 1 rings (SSSR count). The predicted octanol–water partition coefficient (Wildman–Crippen LogP) is 3.58. The van der Waals surface area contributed by atoms with E-state index in [4.69, 9.17) is 9.78 Å². The Bertz CT molecular complexity index is 380. The van der Waals surface area contributed by atoms with Gasteiger partial charge in [0.25, 0.3) is 0 Å². The summed E-state index contributed by atoms with van der Waals surface area (Å²) in [6.07, 6.45) is 6.94. The summed E-state index contributed by atoms with van der Waals surface area (Å²) in [5.41, 5.74) is -0.0632. The number of unbranched alkanes of at least 4 members (excludes halogenated alkanes) is 3. The first kappa shape index (κ1) is 13.7. The molecule has 0 N–H and O–H groups in total. The van der Waals surface area contributed by atoms with Gasteiger partial charge in [-0.3, -0.25) is 0 Å². The summed E-state index contributed by atoms with van der Waals surface area (Å²) in [6, 6.07) is 1.88. The SMILES string of the molecule is CCCCCCC(C)(CC)c1noc(C#N)n1. The number of rotatable bonds is 7. The third kappa shape index (κ3) is 3.55. The molecule has 0 aliphatic carbocycles. The molecule has 4 nitrogen and oxygen atoms in total. The minimum atomic E-state index is -0.0632. The number of hydrogen-bond donors (Lipinski definition) is 0. The van der Waals surface area contributed by atoms with Crippen LogP contribution in [0, 0.1) is 11.3 Å². The standard InChI is InChI=1S/C13H21N3O/c1-4-6-7-8-9-13(3,5-2)12-15-11(10-14)17-16-12/h4-9H2,1-3H3. The average Bonchev–Trinajstić information content (AvgIpc) is 2.83. The van der Waals surface area contributed by atoms with Gasteiger partial charge >= 0.3 is 5.89 Å². The van der Waals surface area contributed by atoms with E-state index in [1.807, 2.05) is 6.07 Å². The van der Waals surface area contributed by atoms with E-state index in [2.05, 4.69) is 30.9 Å². The first-order valence-corrected chi connectivity index (χ1v) is 6.40. The van der Waals surface area contributed by atoms with Gasteiger partial charge in [0, 0.05) is 5.41 Å². The van der Waals surface area contributed by atoms with Crippen LogP contribution in [-0.4, -0.2) is 10.1 Å². The Morgan fingerprint density at radius 1 is 1.29 bits per heavy atom. The van der Waals surface area contributed by atoms with Gasteiger partial charge in [-0.2, -0.15) is 10.2 Å². The predicted molar refractivity (Wildman–Crippen MR) is 65.4 cm³/mol. The molecule has 0 aliphatic rings. The lowest BCUT2D eigenvalue weighted by Crippen LogP contribution is -2.22. The second-order valence-electron chi connectivity index (χ2n) is 4.76. The third-order valence-corrected chi connectivity index (χ3v) is 3.42. The van der Waals surface area contributed by atoms with E-state index in [-0.39, 0.29) is 11.3 Å². The van der Waals surface area contributed by atoms with Gasteiger partial charge in [0.15, 0.2) is 11.9 Å². The van der Waals surface area contributed by atoms with E-state index in [9.17, 15) is 0 Å². The van der Waals surface area contributed by atoms with Crippen LogP contribution in [0.25, 0.3) is 0 Å². The Labute approximate surface area is 103 Å². The van der Waals surface area contributed by atoms with Crippen molar-refractivity contribution in [2.24, 2.45) is 0 Å². The average molecular weight is 235 g/mol. The van der Waals surface area contributed by atoms with Crippen molar-refractivity contribution >= 4 is 0 Å². The highest BCUT2D eigenvalue weighted by molar-refractivity contribution is 5.10. The molecule has 0 saturated heterocycles. The van der Waals surface area contributed by atoms with Crippen molar-refractivity contribution in [3.05, 3.63) is 11.7 Å². The van der Waals surface area contributed by atoms with Gasteiger partial charge in [-0.05, 0) is 12.8 Å². The molecule has 0 aromatic carbocycles. The summed E-state index contributed by atoms with van der Waals surface area (Å²) in [5.74, 6) is 0.737. The maximum Gasteiger partial charge on any atom is 0.329 e. The third-order valence-electron chi connectivity index (χ3n) is 3.42. The molecule has 0 aliphatic heterocycles. The molecule has 1 heterocycles. The maximum absolute atomic E-state index is 8.69. The number of hydrogen-bond acceptors (Lipinski definition) is 4. The first-order valence-electron chi connectivity index (χ1n) is 6.40. The molecule has 1 aromatic heterocycles. The molecule has 0 fully saturated rings. The number of nitrogens with zero attached hydrogens (tertiary/aromatic N) is 3. The van der Waals surface area contributed by atoms with Crippen LogP contribution in [0.2, 0.25) is 0 Å². The highest BCUT2D eigenvalue weighted by atomic mass is 16.5. The van der Waals surface area contributed by atoms with Crippen LogP contribution >= 0.6 is 0 Å². The van der Waals surface area contributed by atoms with Gasteiger partial charge in [0.05, 0.1) is 0 Å². The summed E-state index contributed by atoms with van der Waals surface area (Å²) < 4.78 is 4.87. The Morgan fingerprint density at radius 2 is 2.06 bits per heavy atom. The quantitative estimate of drug-likeness (QED) is 0.678. The lowest BCUT2D eigenvalue weighted by molar-refractivity contribution is 0.339.